The highest BCUT2D eigenvalue weighted by Crippen LogP contribution is 2.26. The first-order valence-electron chi connectivity index (χ1n) is 5.75. The fraction of sp³-hybridized carbons (Fsp3) is 0.600. The number of thiophene rings is 1. The van der Waals surface area contributed by atoms with E-state index >= 15 is 0 Å². The SMILES string of the molecule is Cc1cc(S(=O)(=O)NC2CCS(=O)(=O)C2)sc1CN. The molecule has 3 N–H and O–H groups in total. The van der Waals surface area contributed by atoms with Gasteiger partial charge in [-0.25, -0.2) is 21.6 Å². The topological polar surface area (TPSA) is 106 Å². The maximum absolute atomic E-state index is 12.1. The quantitative estimate of drug-likeness (QED) is 0.809. The number of hydrogen-bond donors (Lipinski definition) is 2. The Hall–Kier alpha value is -0.480. The second kappa shape index (κ2) is 5.13. The number of sulfone groups is 1. The Labute approximate surface area is 117 Å². The van der Waals surface area contributed by atoms with Crippen LogP contribution in [0.4, 0.5) is 0 Å². The summed E-state index contributed by atoms with van der Waals surface area (Å²) < 4.78 is 49.6. The van der Waals surface area contributed by atoms with Crippen molar-refractivity contribution in [1.82, 2.24) is 4.72 Å². The first-order valence-corrected chi connectivity index (χ1v) is 9.88. The van der Waals surface area contributed by atoms with Crippen molar-refractivity contribution in [2.75, 3.05) is 11.5 Å². The van der Waals surface area contributed by atoms with Gasteiger partial charge in [-0.2, -0.15) is 0 Å². The van der Waals surface area contributed by atoms with Crippen LogP contribution in [0.25, 0.3) is 0 Å². The molecule has 1 aliphatic rings. The zero-order valence-electron chi connectivity index (χ0n) is 10.4. The molecule has 6 nitrogen and oxygen atoms in total. The number of aryl methyl sites for hydroxylation is 1. The monoisotopic (exact) mass is 324 g/mol. The highest BCUT2D eigenvalue weighted by Gasteiger charge is 2.32. The van der Waals surface area contributed by atoms with Gasteiger partial charge in [-0.1, -0.05) is 0 Å². The molecule has 1 saturated heterocycles. The van der Waals surface area contributed by atoms with Gasteiger partial charge in [0.2, 0.25) is 10.0 Å². The maximum atomic E-state index is 12.1. The summed E-state index contributed by atoms with van der Waals surface area (Å²) in [4.78, 5) is 0.819. The molecule has 1 fully saturated rings. The van der Waals surface area contributed by atoms with Crippen LogP contribution in [0, 0.1) is 6.92 Å². The third kappa shape index (κ3) is 3.34. The summed E-state index contributed by atoms with van der Waals surface area (Å²) in [6.07, 6.45) is 0.329. The van der Waals surface area contributed by atoms with Gasteiger partial charge in [0.15, 0.2) is 9.84 Å². The smallest absolute Gasteiger partial charge is 0.250 e. The van der Waals surface area contributed by atoms with E-state index in [1.165, 1.54) is 0 Å². The molecular weight excluding hydrogens is 308 g/mol. The molecule has 0 aliphatic carbocycles. The van der Waals surface area contributed by atoms with Crippen LogP contribution in [0.3, 0.4) is 0 Å². The highest BCUT2D eigenvalue weighted by atomic mass is 32.2. The highest BCUT2D eigenvalue weighted by molar-refractivity contribution is 7.92. The molecular formula is C10H16N2O4S3. The molecule has 0 amide bonds. The predicted molar refractivity (Wildman–Crippen MR) is 74.3 cm³/mol. The average Bonchev–Trinajstić information content (AvgIpc) is 2.81. The van der Waals surface area contributed by atoms with E-state index in [0.29, 0.717) is 13.0 Å². The van der Waals surface area contributed by atoms with E-state index in [1.54, 1.807) is 13.0 Å². The molecule has 2 heterocycles. The molecule has 1 unspecified atom stereocenters. The first-order chi connectivity index (χ1) is 8.73. The number of nitrogens with two attached hydrogens (primary N) is 1. The second-order valence-corrected chi connectivity index (χ2v) is 9.90. The van der Waals surface area contributed by atoms with Gasteiger partial charge < -0.3 is 5.73 Å². The first kappa shape index (κ1) is 14.9. The van der Waals surface area contributed by atoms with Crippen molar-refractivity contribution < 1.29 is 16.8 Å². The van der Waals surface area contributed by atoms with Gasteiger partial charge in [0.1, 0.15) is 4.21 Å². The minimum atomic E-state index is -3.66. The molecule has 108 valence electrons. The van der Waals surface area contributed by atoms with Gasteiger partial charge in [-0.3, -0.25) is 0 Å². The van der Waals surface area contributed by atoms with Crippen LogP contribution >= 0.6 is 11.3 Å². The largest absolute Gasteiger partial charge is 0.326 e. The summed E-state index contributed by atoms with van der Waals surface area (Å²) in [7, 11) is -6.76. The van der Waals surface area contributed by atoms with Crippen LogP contribution in [0.5, 0.6) is 0 Å². The summed E-state index contributed by atoms with van der Waals surface area (Å²) in [5, 5.41) is 0. The van der Waals surface area contributed by atoms with Crippen LogP contribution in [0.2, 0.25) is 0 Å². The number of nitrogens with one attached hydrogen (secondary N) is 1. The summed E-state index contributed by atoms with van der Waals surface area (Å²) in [6, 6.07) is 1.04. The normalized spacial score (nSPS) is 22.7. The van der Waals surface area contributed by atoms with Crippen LogP contribution < -0.4 is 10.5 Å². The van der Waals surface area contributed by atoms with E-state index in [4.69, 9.17) is 5.73 Å². The number of sulfonamides is 1. The van der Waals surface area contributed by atoms with Crippen molar-refractivity contribution in [2.45, 2.75) is 30.1 Å². The third-order valence-corrected chi connectivity index (χ3v) is 8.02. The van der Waals surface area contributed by atoms with E-state index in [0.717, 1.165) is 21.8 Å². The molecule has 1 aromatic heterocycles. The van der Waals surface area contributed by atoms with Gasteiger partial charge >= 0.3 is 0 Å². The van der Waals surface area contributed by atoms with Crippen molar-refractivity contribution in [3.8, 4) is 0 Å². The molecule has 2 rings (SSSR count). The van der Waals surface area contributed by atoms with Gasteiger partial charge in [-0.15, -0.1) is 11.3 Å². The lowest BCUT2D eigenvalue weighted by Gasteiger charge is -2.09. The van der Waals surface area contributed by atoms with Gasteiger partial charge in [-0.05, 0) is 25.0 Å². The molecule has 0 spiro atoms. The summed E-state index contributed by atoms with van der Waals surface area (Å²) >= 11 is 1.12. The lowest BCUT2D eigenvalue weighted by Crippen LogP contribution is -2.35. The molecule has 19 heavy (non-hydrogen) atoms. The minimum Gasteiger partial charge on any atom is -0.326 e. The molecule has 0 aromatic carbocycles. The Morgan fingerprint density at radius 3 is 2.68 bits per heavy atom. The fourth-order valence-electron chi connectivity index (χ4n) is 1.99. The Balaban J connectivity index is 2.19. The van der Waals surface area contributed by atoms with Crippen molar-refractivity contribution >= 4 is 31.2 Å². The van der Waals surface area contributed by atoms with Crippen molar-refractivity contribution in [3.05, 3.63) is 16.5 Å². The van der Waals surface area contributed by atoms with E-state index in [9.17, 15) is 16.8 Å². The van der Waals surface area contributed by atoms with Crippen LogP contribution in [-0.2, 0) is 26.4 Å². The lowest BCUT2D eigenvalue weighted by atomic mass is 10.3. The van der Waals surface area contributed by atoms with Crippen molar-refractivity contribution in [3.63, 3.8) is 0 Å². The van der Waals surface area contributed by atoms with Gasteiger partial charge in [0.25, 0.3) is 0 Å². The Bertz CT molecular complexity index is 676. The minimum absolute atomic E-state index is 0.0394. The Morgan fingerprint density at radius 1 is 1.53 bits per heavy atom. The molecule has 9 heteroatoms. The van der Waals surface area contributed by atoms with Crippen LogP contribution in [0.1, 0.15) is 16.9 Å². The third-order valence-electron chi connectivity index (χ3n) is 3.00. The summed E-state index contributed by atoms with van der Waals surface area (Å²) in [5.41, 5.74) is 6.36. The molecule has 0 bridgehead atoms. The zero-order valence-corrected chi connectivity index (χ0v) is 12.9. The van der Waals surface area contributed by atoms with E-state index in [1.807, 2.05) is 0 Å². The molecule has 1 aromatic rings. The zero-order chi connectivity index (χ0) is 14.3. The van der Waals surface area contributed by atoms with Crippen LogP contribution in [0.15, 0.2) is 10.3 Å². The summed E-state index contributed by atoms with van der Waals surface area (Å²) in [6.45, 7) is 2.10. The maximum Gasteiger partial charge on any atom is 0.250 e. The van der Waals surface area contributed by atoms with Gasteiger partial charge in [0, 0.05) is 17.5 Å². The average molecular weight is 324 g/mol. The van der Waals surface area contributed by atoms with E-state index < -0.39 is 25.9 Å². The molecule has 1 aliphatic heterocycles. The second-order valence-electron chi connectivity index (χ2n) is 4.60. The predicted octanol–water partition coefficient (Wildman–Crippen LogP) is -0.0194. The van der Waals surface area contributed by atoms with E-state index in [-0.39, 0.29) is 15.7 Å². The molecule has 1 atom stereocenters. The van der Waals surface area contributed by atoms with Crippen molar-refractivity contribution in [1.29, 1.82) is 0 Å². The fourth-order valence-corrected chi connectivity index (χ4v) is 6.52. The molecule has 0 saturated carbocycles. The number of rotatable bonds is 4. The number of hydrogen-bond acceptors (Lipinski definition) is 6. The molecule has 0 radical (unpaired) electrons. The Morgan fingerprint density at radius 2 is 2.21 bits per heavy atom. The van der Waals surface area contributed by atoms with Gasteiger partial charge in [0.05, 0.1) is 11.5 Å². The lowest BCUT2D eigenvalue weighted by molar-refractivity contribution is 0.564. The Kier molecular flexibility index (Phi) is 4.03. The van der Waals surface area contributed by atoms with Crippen LogP contribution in [-0.4, -0.2) is 34.4 Å². The van der Waals surface area contributed by atoms with Crippen molar-refractivity contribution in [2.24, 2.45) is 5.73 Å². The summed E-state index contributed by atoms with van der Waals surface area (Å²) in [5.74, 6) is -0.0853. The van der Waals surface area contributed by atoms with E-state index in [2.05, 4.69) is 4.72 Å². The standard InChI is InChI=1S/C10H16N2O4S3/c1-7-4-10(17-9(7)5-11)19(15,16)12-8-2-3-18(13,14)6-8/h4,8,12H,2-3,5-6,11H2,1H3.